The van der Waals surface area contributed by atoms with Crippen LogP contribution in [0.1, 0.15) is 43.9 Å². The number of para-hydroxylation sites is 1. The summed E-state index contributed by atoms with van der Waals surface area (Å²) >= 11 is 0. The van der Waals surface area contributed by atoms with Gasteiger partial charge < -0.3 is 14.6 Å². The standard InChI is InChI=1S/C26H28O4/c1-26(2,3)21-12-14-22(15-13-21)30-23-9-6-7-19(17-23)18-29-24-10-5-4-8-20(24)11-16-25(27)28/h4-10,12-15,17H,11,16,18H2,1-3H3,(H,27,28). The Bertz CT molecular complexity index is 984. The van der Waals surface area contributed by atoms with Crippen molar-refractivity contribution >= 4 is 5.97 Å². The molecule has 4 nitrogen and oxygen atoms in total. The van der Waals surface area contributed by atoms with E-state index < -0.39 is 5.97 Å². The smallest absolute Gasteiger partial charge is 0.303 e. The van der Waals surface area contributed by atoms with Crippen LogP contribution in [0.2, 0.25) is 0 Å². The zero-order valence-electron chi connectivity index (χ0n) is 17.7. The van der Waals surface area contributed by atoms with Gasteiger partial charge in [0.25, 0.3) is 0 Å². The largest absolute Gasteiger partial charge is 0.489 e. The number of aliphatic carboxylic acids is 1. The average Bonchev–Trinajstić information content (AvgIpc) is 2.71. The third-order valence-electron chi connectivity index (χ3n) is 4.83. The normalized spacial score (nSPS) is 11.2. The molecule has 3 aromatic rings. The maximum absolute atomic E-state index is 10.9. The second-order valence-electron chi connectivity index (χ2n) is 8.31. The van der Waals surface area contributed by atoms with Crippen molar-refractivity contribution in [1.82, 2.24) is 0 Å². The molecule has 0 atom stereocenters. The minimum absolute atomic E-state index is 0.0811. The number of carboxylic acid groups (broad SMARTS) is 1. The fraction of sp³-hybridized carbons (Fsp3) is 0.269. The first kappa shape index (κ1) is 21.4. The Kier molecular flexibility index (Phi) is 6.78. The van der Waals surface area contributed by atoms with Crippen molar-refractivity contribution in [2.45, 2.75) is 45.6 Å². The lowest BCUT2D eigenvalue weighted by atomic mass is 9.87. The lowest BCUT2D eigenvalue weighted by Gasteiger charge is -2.19. The molecule has 0 amide bonds. The van der Waals surface area contributed by atoms with E-state index in [-0.39, 0.29) is 11.8 Å². The SMILES string of the molecule is CC(C)(C)c1ccc(Oc2cccc(COc3ccccc3CCC(=O)O)c2)cc1. The van der Waals surface area contributed by atoms with Gasteiger partial charge in [-0.25, -0.2) is 0 Å². The van der Waals surface area contributed by atoms with Crippen LogP contribution in [0.3, 0.4) is 0 Å². The molecule has 4 heteroatoms. The van der Waals surface area contributed by atoms with Crippen LogP contribution in [0.4, 0.5) is 0 Å². The van der Waals surface area contributed by atoms with Gasteiger partial charge in [0.15, 0.2) is 0 Å². The van der Waals surface area contributed by atoms with E-state index in [2.05, 4.69) is 32.9 Å². The van der Waals surface area contributed by atoms with E-state index in [1.807, 2.05) is 60.7 Å². The van der Waals surface area contributed by atoms with Gasteiger partial charge in [-0.15, -0.1) is 0 Å². The molecule has 3 aromatic carbocycles. The molecular weight excluding hydrogens is 376 g/mol. The molecule has 0 aliphatic heterocycles. The summed E-state index contributed by atoms with van der Waals surface area (Å²) in [6.07, 6.45) is 0.525. The first-order valence-electron chi connectivity index (χ1n) is 10.1. The van der Waals surface area contributed by atoms with Crippen molar-refractivity contribution in [2.24, 2.45) is 0 Å². The van der Waals surface area contributed by atoms with Gasteiger partial charge in [-0.05, 0) is 58.9 Å². The number of carbonyl (C=O) groups is 1. The van der Waals surface area contributed by atoms with Crippen molar-refractivity contribution in [3.8, 4) is 17.2 Å². The highest BCUT2D eigenvalue weighted by Crippen LogP contribution is 2.28. The molecule has 0 saturated heterocycles. The number of benzene rings is 3. The Morgan fingerprint density at radius 1 is 0.900 bits per heavy atom. The molecule has 0 spiro atoms. The summed E-state index contributed by atoms with van der Waals surface area (Å²) < 4.78 is 12.0. The lowest BCUT2D eigenvalue weighted by Crippen LogP contribution is -2.10. The Hall–Kier alpha value is -3.27. The summed E-state index contributed by atoms with van der Waals surface area (Å²) in [5.41, 5.74) is 3.24. The van der Waals surface area contributed by atoms with Crippen LogP contribution in [-0.4, -0.2) is 11.1 Å². The molecule has 3 rings (SSSR count). The van der Waals surface area contributed by atoms with Crippen LogP contribution in [0.5, 0.6) is 17.2 Å². The first-order valence-corrected chi connectivity index (χ1v) is 10.1. The topological polar surface area (TPSA) is 55.8 Å². The highest BCUT2D eigenvalue weighted by molar-refractivity contribution is 5.67. The number of ether oxygens (including phenoxy) is 2. The molecule has 0 fully saturated rings. The summed E-state index contributed by atoms with van der Waals surface area (Å²) in [4.78, 5) is 10.9. The molecule has 30 heavy (non-hydrogen) atoms. The fourth-order valence-electron chi connectivity index (χ4n) is 3.11. The molecule has 0 unspecified atom stereocenters. The van der Waals surface area contributed by atoms with E-state index in [0.29, 0.717) is 18.8 Å². The maximum atomic E-state index is 10.9. The average molecular weight is 405 g/mol. The van der Waals surface area contributed by atoms with E-state index >= 15 is 0 Å². The van der Waals surface area contributed by atoms with E-state index in [4.69, 9.17) is 14.6 Å². The van der Waals surface area contributed by atoms with Gasteiger partial charge in [0, 0.05) is 6.42 Å². The molecule has 0 aliphatic carbocycles. The zero-order chi connectivity index (χ0) is 21.6. The summed E-state index contributed by atoms with van der Waals surface area (Å²) in [5.74, 6) is 1.44. The van der Waals surface area contributed by atoms with E-state index in [0.717, 1.165) is 22.6 Å². The summed E-state index contributed by atoms with van der Waals surface area (Å²) in [6.45, 7) is 6.94. The summed E-state index contributed by atoms with van der Waals surface area (Å²) in [5, 5.41) is 8.93. The highest BCUT2D eigenvalue weighted by atomic mass is 16.5. The molecule has 156 valence electrons. The van der Waals surface area contributed by atoms with Gasteiger partial charge in [-0.2, -0.15) is 0 Å². The second kappa shape index (κ2) is 9.49. The Morgan fingerprint density at radius 3 is 2.33 bits per heavy atom. The van der Waals surface area contributed by atoms with Crippen LogP contribution in [0.25, 0.3) is 0 Å². The van der Waals surface area contributed by atoms with Gasteiger partial charge in [0.05, 0.1) is 0 Å². The lowest BCUT2D eigenvalue weighted by molar-refractivity contribution is -0.136. The van der Waals surface area contributed by atoms with Crippen LogP contribution in [0.15, 0.2) is 72.8 Å². The van der Waals surface area contributed by atoms with Gasteiger partial charge in [0.2, 0.25) is 0 Å². The van der Waals surface area contributed by atoms with Crippen LogP contribution in [-0.2, 0) is 23.2 Å². The minimum Gasteiger partial charge on any atom is -0.489 e. The molecular formula is C26H28O4. The van der Waals surface area contributed by atoms with Crippen molar-refractivity contribution in [3.05, 3.63) is 89.5 Å². The van der Waals surface area contributed by atoms with Crippen molar-refractivity contribution in [1.29, 1.82) is 0 Å². The number of aryl methyl sites for hydroxylation is 1. The van der Waals surface area contributed by atoms with Crippen molar-refractivity contribution < 1.29 is 19.4 Å². The number of hydrogen-bond acceptors (Lipinski definition) is 3. The van der Waals surface area contributed by atoms with Gasteiger partial charge in [0.1, 0.15) is 23.9 Å². The molecule has 1 N–H and O–H groups in total. The number of carboxylic acids is 1. The third kappa shape index (κ3) is 6.11. The Balaban J connectivity index is 1.64. The zero-order valence-corrected chi connectivity index (χ0v) is 17.7. The number of rotatable bonds is 8. The minimum atomic E-state index is -0.815. The first-order chi connectivity index (χ1) is 14.3. The van der Waals surface area contributed by atoms with E-state index in [1.165, 1.54) is 5.56 Å². The molecule has 0 bridgehead atoms. The molecule has 0 radical (unpaired) electrons. The predicted octanol–water partition coefficient (Wildman–Crippen LogP) is 6.37. The summed E-state index contributed by atoms with van der Waals surface area (Å²) in [6, 6.07) is 23.5. The van der Waals surface area contributed by atoms with Crippen molar-refractivity contribution in [3.63, 3.8) is 0 Å². The maximum Gasteiger partial charge on any atom is 0.303 e. The second-order valence-corrected chi connectivity index (χ2v) is 8.31. The van der Waals surface area contributed by atoms with Crippen LogP contribution in [0, 0.1) is 0 Å². The molecule has 0 aliphatic rings. The number of hydrogen-bond donors (Lipinski definition) is 1. The van der Waals surface area contributed by atoms with E-state index in [9.17, 15) is 4.79 Å². The highest BCUT2D eigenvalue weighted by Gasteiger charge is 2.13. The molecule has 0 aromatic heterocycles. The van der Waals surface area contributed by atoms with Gasteiger partial charge in [-0.1, -0.05) is 63.2 Å². The van der Waals surface area contributed by atoms with Crippen LogP contribution < -0.4 is 9.47 Å². The third-order valence-corrected chi connectivity index (χ3v) is 4.83. The quantitative estimate of drug-likeness (QED) is 0.474. The van der Waals surface area contributed by atoms with E-state index in [1.54, 1.807) is 0 Å². The van der Waals surface area contributed by atoms with Crippen molar-refractivity contribution in [2.75, 3.05) is 0 Å². The van der Waals surface area contributed by atoms with Crippen LogP contribution >= 0.6 is 0 Å². The Morgan fingerprint density at radius 2 is 1.63 bits per heavy atom. The fourth-order valence-corrected chi connectivity index (χ4v) is 3.11. The van der Waals surface area contributed by atoms with Gasteiger partial charge in [-0.3, -0.25) is 4.79 Å². The molecule has 0 saturated carbocycles. The summed E-state index contributed by atoms with van der Waals surface area (Å²) in [7, 11) is 0. The monoisotopic (exact) mass is 404 g/mol. The van der Waals surface area contributed by atoms with Gasteiger partial charge >= 0.3 is 5.97 Å². The predicted molar refractivity (Wildman–Crippen MR) is 118 cm³/mol. The molecule has 0 heterocycles. The Labute approximate surface area is 178 Å².